The first-order valence-electron chi connectivity index (χ1n) is 5.98. The van der Waals surface area contributed by atoms with Gasteiger partial charge in [-0.3, -0.25) is 10.1 Å². The van der Waals surface area contributed by atoms with Gasteiger partial charge in [-0.25, -0.2) is 0 Å². The Hall–Kier alpha value is -1.14. The molecule has 18 heavy (non-hydrogen) atoms. The Morgan fingerprint density at radius 3 is 2.61 bits per heavy atom. The molecule has 6 heteroatoms. The van der Waals surface area contributed by atoms with Gasteiger partial charge in [-0.05, 0) is 25.0 Å². The van der Waals surface area contributed by atoms with Crippen molar-refractivity contribution < 1.29 is 9.66 Å². The number of nitro benzene ring substituents is 1. The summed E-state index contributed by atoms with van der Waals surface area (Å²) in [5.74, 6) is 0. The number of ether oxygens (including phenoxy) is 1. The zero-order chi connectivity index (χ0) is 12.7. The number of halogens is 1. The molecule has 0 aliphatic carbocycles. The van der Waals surface area contributed by atoms with E-state index in [1.165, 1.54) is 0 Å². The van der Waals surface area contributed by atoms with Gasteiger partial charge in [0.15, 0.2) is 0 Å². The van der Waals surface area contributed by atoms with Crippen molar-refractivity contribution in [1.82, 2.24) is 0 Å². The molecule has 0 N–H and O–H groups in total. The van der Waals surface area contributed by atoms with Gasteiger partial charge in [0.25, 0.3) is 5.69 Å². The summed E-state index contributed by atoms with van der Waals surface area (Å²) < 4.78 is 6.48. The van der Waals surface area contributed by atoms with E-state index >= 15 is 0 Å². The van der Waals surface area contributed by atoms with Crippen molar-refractivity contribution in [3.05, 3.63) is 32.8 Å². The van der Waals surface area contributed by atoms with Gasteiger partial charge in [0.1, 0.15) is 5.69 Å². The third-order valence-electron chi connectivity index (χ3n) is 3.52. The molecule has 2 atom stereocenters. The van der Waals surface area contributed by atoms with Gasteiger partial charge < -0.3 is 9.64 Å². The van der Waals surface area contributed by atoms with Crippen LogP contribution in [0.3, 0.4) is 0 Å². The van der Waals surface area contributed by atoms with E-state index in [1.807, 2.05) is 12.1 Å². The van der Waals surface area contributed by atoms with E-state index in [9.17, 15) is 10.1 Å². The van der Waals surface area contributed by atoms with Crippen molar-refractivity contribution in [1.29, 1.82) is 0 Å². The summed E-state index contributed by atoms with van der Waals surface area (Å²) in [6, 6.07) is 5.22. The number of anilines is 1. The Balaban J connectivity index is 1.94. The van der Waals surface area contributed by atoms with Crippen LogP contribution in [0.15, 0.2) is 22.7 Å². The predicted octanol–water partition coefficient (Wildman–Crippen LogP) is 2.72. The first kappa shape index (κ1) is 11.9. The maximum Gasteiger partial charge on any atom is 0.293 e. The predicted molar refractivity (Wildman–Crippen MR) is 70.9 cm³/mol. The number of hydrogen-bond donors (Lipinski definition) is 0. The minimum absolute atomic E-state index is 0.158. The van der Waals surface area contributed by atoms with Crippen LogP contribution in [0.5, 0.6) is 0 Å². The second-order valence-corrected chi connectivity index (χ2v) is 5.67. The smallest absolute Gasteiger partial charge is 0.293 e. The molecule has 2 unspecified atom stereocenters. The molecule has 2 aliphatic rings. The summed E-state index contributed by atoms with van der Waals surface area (Å²) in [6.45, 7) is 1.50. The fourth-order valence-electron chi connectivity index (χ4n) is 2.72. The highest BCUT2D eigenvalue weighted by molar-refractivity contribution is 9.10. The minimum atomic E-state index is -0.322. The van der Waals surface area contributed by atoms with E-state index in [1.54, 1.807) is 6.07 Å². The van der Waals surface area contributed by atoms with Gasteiger partial charge in [0.2, 0.25) is 0 Å². The monoisotopic (exact) mass is 312 g/mol. The first-order valence-corrected chi connectivity index (χ1v) is 6.77. The summed E-state index contributed by atoms with van der Waals surface area (Å²) in [5, 5.41) is 11.1. The third kappa shape index (κ3) is 2.10. The molecule has 1 aromatic carbocycles. The number of hydrogen-bond acceptors (Lipinski definition) is 4. The maximum absolute atomic E-state index is 11.1. The van der Waals surface area contributed by atoms with Crippen LogP contribution in [-0.4, -0.2) is 30.2 Å². The lowest BCUT2D eigenvalue weighted by Gasteiger charge is -2.33. The van der Waals surface area contributed by atoms with Crippen molar-refractivity contribution in [2.45, 2.75) is 25.0 Å². The lowest BCUT2D eigenvalue weighted by atomic mass is 10.2. The van der Waals surface area contributed by atoms with Crippen molar-refractivity contribution in [3.63, 3.8) is 0 Å². The number of fused-ring (bicyclic) bond motifs is 2. The topological polar surface area (TPSA) is 55.6 Å². The van der Waals surface area contributed by atoms with Gasteiger partial charge in [-0.15, -0.1) is 0 Å². The molecule has 2 bridgehead atoms. The Morgan fingerprint density at radius 1 is 1.33 bits per heavy atom. The van der Waals surface area contributed by atoms with Crippen LogP contribution in [-0.2, 0) is 4.74 Å². The zero-order valence-electron chi connectivity index (χ0n) is 9.71. The van der Waals surface area contributed by atoms with Crippen LogP contribution in [0.2, 0.25) is 0 Å². The van der Waals surface area contributed by atoms with Crippen LogP contribution in [0.25, 0.3) is 0 Å². The van der Waals surface area contributed by atoms with Crippen molar-refractivity contribution >= 4 is 27.3 Å². The quantitative estimate of drug-likeness (QED) is 0.622. The van der Waals surface area contributed by atoms with E-state index in [0.717, 1.165) is 30.4 Å². The maximum atomic E-state index is 11.1. The van der Waals surface area contributed by atoms with E-state index in [-0.39, 0.29) is 22.8 Å². The zero-order valence-corrected chi connectivity index (χ0v) is 11.3. The number of benzene rings is 1. The average molecular weight is 313 g/mol. The summed E-state index contributed by atoms with van der Waals surface area (Å²) in [6.07, 6.45) is 2.58. The fourth-order valence-corrected chi connectivity index (χ4v) is 3.07. The van der Waals surface area contributed by atoms with E-state index < -0.39 is 0 Å². The third-order valence-corrected chi connectivity index (χ3v) is 4.01. The largest absolute Gasteiger partial charge is 0.371 e. The fraction of sp³-hybridized carbons (Fsp3) is 0.500. The lowest BCUT2D eigenvalue weighted by molar-refractivity contribution is -0.384. The van der Waals surface area contributed by atoms with Gasteiger partial charge in [0.05, 0.1) is 17.1 Å². The Kier molecular flexibility index (Phi) is 2.99. The van der Waals surface area contributed by atoms with Gasteiger partial charge >= 0.3 is 0 Å². The number of morpholine rings is 1. The van der Waals surface area contributed by atoms with Crippen molar-refractivity contribution in [3.8, 4) is 0 Å². The summed E-state index contributed by atoms with van der Waals surface area (Å²) in [7, 11) is 0. The minimum Gasteiger partial charge on any atom is -0.371 e. The van der Waals surface area contributed by atoms with Crippen LogP contribution < -0.4 is 4.90 Å². The molecule has 2 fully saturated rings. The van der Waals surface area contributed by atoms with Crippen LogP contribution in [0, 0.1) is 10.1 Å². The highest BCUT2D eigenvalue weighted by Crippen LogP contribution is 2.35. The normalized spacial score (nSPS) is 26.4. The molecule has 0 radical (unpaired) electrons. The molecule has 2 heterocycles. The Labute approximate surface area is 113 Å². The molecule has 96 valence electrons. The molecule has 5 nitrogen and oxygen atoms in total. The summed E-state index contributed by atoms with van der Waals surface area (Å²) in [4.78, 5) is 12.9. The van der Waals surface area contributed by atoms with E-state index in [4.69, 9.17) is 4.74 Å². The molecule has 2 aliphatic heterocycles. The first-order chi connectivity index (χ1) is 8.63. The van der Waals surface area contributed by atoms with E-state index in [2.05, 4.69) is 20.8 Å². The molecule has 3 rings (SSSR count). The lowest BCUT2D eigenvalue weighted by Crippen LogP contribution is -2.42. The van der Waals surface area contributed by atoms with Crippen LogP contribution in [0.1, 0.15) is 12.8 Å². The molecule has 0 aromatic heterocycles. The second-order valence-electron chi connectivity index (χ2n) is 4.75. The van der Waals surface area contributed by atoms with Crippen molar-refractivity contribution in [2.24, 2.45) is 0 Å². The summed E-state index contributed by atoms with van der Waals surface area (Å²) >= 11 is 3.28. The Morgan fingerprint density at radius 2 is 2.00 bits per heavy atom. The molecule has 0 saturated carbocycles. The molecule has 2 saturated heterocycles. The Bertz CT molecular complexity index is 482. The number of rotatable bonds is 2. The van der Waals surface area contributed by atoms with Gasteiger partial charge in [0, 0.05) is 23.6 Å². The molecule has 0 amide bonds. The molecular formula is C12H13BrN2O3. The molecule has 0 spiro atoms. The summed E-state index contributed by atoms with van der Waals surface area (Å²) in [5.41, 5.74) is 0.856. The highest BCUT2D eigenvalue weighted by atomic mass is 79.9. The molecular weight excluding hydrogens is 300 g/mol. The highest BCUT2D eigenvalue weighted by Gasteiger charge is 2.35. The molecule has 1 aromatic rings. The SMILES string of the molecule is O=[N+]([O-])c1cc(Br)ccc1N1CC2CCC(C1)O2. The van der Waals surface area contributed by atoms with Gasteiger partial charge in [-0.1, -0.05) is 15.9 Å². The van der Waals surface area contributed by atoms with Crippen LogP contribution in [0.4, 0.5) is 11.4 Å². The van der Waals surface area contributed by atoms with E-state index in [0.29, 0.717) is 5.69 Å². The second kappa shape index (κ2) is 4.51. The van der Waals surface area contributed by atoms with Crippen LogP contribution >= 0.6 is 15.9 Å². The standard InChI is InChI=1S/C12H13BrN2O3/c13-8-1-4-11(12(5-8)15(16)17)14-6-9-2-3-10(7-14)18-9/h1,4-5,9-10H,2-3,6-7H2. The average Bonchev–Trinajstić information content (AvgIpc) is 2.68. The number of nitro groups is 1. The van der Waals surface area contributed by atoms with Crippen molar-refractivity contribution in [2.75, 3.05) is 18.0 Å². The number of nitrogens with zero attached hydrogens (tertiary/aromatic N) is 2. The van der Waals surface area contributed by atoms with Gasteiger partial charge in [-0.2, -0.15) is 0 Å².